The first-order valence-corrected chi connectivity index (χ1v) is 5.67. The first kappa shape index (κ1) is 12.3. The van der Waals surface area contributed by atoms with Gasteiger partial charge in [0.2, 0.25) is 0 Å². The minimum absolute atomic E-state index is 0.602. The maximum absolute atomic E-state index is 10.4. The van der Waals surface area contributed by atoms with Crippen LogP contribution in [0.2, 0.25) is 5.02 Å². The van der Waals surface area contributed by atoms with Crippen LogP contribution in [0.5, 0.6) is 0 Å². The Labute approximate surface area is 109 Å². The molecule has 1 heterocycles. The molecule has 0 saturated carbocycles. The van der Waals surface area contributed by atoms with Crippen molar-refractivity contribution in [1.29, 1.82) is 0 Å². The van der Waals surface area contributed by atoms with Crippen molar-refractivity contribution in [3.63, 3.8) is 0 Å². The van der Waals surface area contributed by atoms with Crippen molar-refractivity contribution in [3.05, 3.63) is 59.3 Å². The number of carboxylic acid groups (broad SMARTS) is 1. The van der Waals surface area contributed by atoms with Gasteiger partial charge in [0, 0.05) is 16.7 Å². The van der Waals surface area contributed by atoms with Crippen LogP contribution >= 0.6 is 11.6 Å². The molecule has 0 spiro atoms. The lowest BCUT2D eigenvalue weighted by atomic mass is 10.1. The summed E-state index contributed by atoms with van der Waals surface area (Å²) in [4.78, 5) is 14.8. The molecule has 3 nitrogen and oxygen atoms in total. The topological polar surface area (TPSA) is 50.2 Å². The van der Waals surface area contributed by atoms with Crippen LogP contribution in [0.3, 0.4) is 0 Å². The van der Waals surface area contributed by atoms with Crippen LogP contribution < -0.4 is 0 Å². The van der Waals surface area contributed by atoms with Crippen LogP contribution in [-0.4, -0.2) is 16.1 Å². The van der Waals surface area contributed by atoms with Gasteiger partial charge in [-0.05, 0) is 30.3 Å². The van der Waals surface area contributed by atoms with Crippen LogP contribution in [0.25, 0.3) is 17.3 Å². The summed E-state index contributed by atoms with van der Waals surface area (Å²) in [5.74, 6) is -0.992. The second-order valence-electron chi connectivity index (χ2n) is 3.63. The maximum atomic E-state index is 10.4. The SMILES string of the molecule is O=C(O)C=Cc1cccc(-c2ccc(Cl)cc2)n1. The zero-order chi connectivity index (χ0) is 13.0. The number of carboxylic acids is 1. The summed E-state index contributed by atoms with van der Waals surface area (Å²) in [6, 6.07) is 12.8. The van der Waals surface area contributed by atoms with Crippen LogP contribution in [0.15, 0.2) is 48.5 Å². The van der Waals surface area contributed by atoms with Crippen molar-refractivity contribution in [2.45, 2.75) is 0 Å². The van der Waals surface area contributed by atoms with Gasteiger partial charge in [0.15, 0.2) is 0 Å². The summed E-state index contributed by atoms with van der Waals surface area (Å²) >= 11 is 5.82. The highest BCUT2D eigenvalue weighted by Gasteiger charge is 2.00. The van der Waals surface area contributed by atoms with Gasteiger partial charge in [-0.25, -0.2) is 9.78 Å². The van der Waals surface area contributed by atoms with Crippen molar-refractivity contribution < 1.29 is 9.90 Å². The predicted molar refractivity (Wildman–Crippen MR) is 71.4 cm³/mol. The van der Waals surface area contributed by atoms with E-state index in [0.717, 1.165) is 17.3 Å². The van der Waals surface area contributed by atoms with Gasteiger partial charge < -0.3 is 5.11 Å². The molecule has 0 aliphatic rings. The Morgan fingerprint density at radius 1 is 1.17 bits per heavy atom. The lowest BCUT2D eigenvalue weighted by Crippen LogP contribution is -1.89. The molecular formula is C14H10ClNO2. The molecule has 1 N–H and O–H groups in total. The quantitative estimate of drug-likeness (QED) is 0.859. The summed E-state index contributed by atoms with van der Waals surface area (Å²) in [6.07, 6.45) is 2.52. The number of aromatic nitrogens is 1. The Balaban J connectivity index is 2.32. The molecule has 2 aromatic rings. The zero-order valence-corrected chi connectivity index (χ0v) is 10.1. The van der Waals surface area contributed by atoms with E-state index in [9.17, 15) is 4.79 Å². The minimum atomic E-state index is -0.992. The highest BCUT2D eigenvalue weighted by molar-refractivity contribution is 6.30. The number of hydrogen-bond donors (Lipinski definition) is 1. The van der Waals surface area contributed by atoms with Crippen LogP contribution in [0.1, 0.15) is 5.69 Å². The van der Waals surface area contributed by atoms with E-state index in [0.29, 0.717) is 10.7 Å². The average Bonchev–Trinajstić information content (AvgIpc) is 2.37. The Bertz CT molecular complexity index is 591. The van der Waals surface area contributed by atoms with E-state index >= 15 is 0 Å². The number of halogens is 1. The Kier molecular flexibility index (Phi) is 3.75. The number of pyridine rings is 1. The first-order chi connectivity index (χ1) is 8.65. The molecule has 0 atom stereocenters. The molecule has 1 aromatic heterocycles. The smallest absolute Gasteiger partial charge is 0.328 e. The molecule has 18 heavy (non-hydrogen) atoms. The Morgan fingerprint density at radius 2 is 1.89 bits per heavy atom. The van der Waals surface area contributed by atoms with Gasteiger partial charge in [-0.2, -0.15) is 0 Å². The summed E-state index contributed by atoms with van der Waals surface area (Å²) < 4.78 is 0. The number of carbonyl (C=O) groups is 1. The van der Waals surface area contributed by atoms with Gasteiger partial charge >= 0.3 is 5.97 Å². The molecule has 0 radical (unpaired) electrons. The largest absolute Gasteiger partial charge is 0.478 e. The van der Waals surface area contributed by atoms with E-state index < -0.39 is 5.97 Å². The minimum Gasteiger partial charge on any atom is -0.478 e. The molecule has 0 fully saturated rings. The molecule has 0 bridgehead atoms. The van der Waals surface area contributed by atoms with E-state index in [1.807, 2.05) is 24.3 Å². The molecule has 0 aliphatic carbocycles. The third-order valence-electron chi connectivity index (χ3n) is 2.31. The second-order valence-corrected chi connectivity index (χ2v) is 4.06. The molecule has 0 aliphatic heterocycles. The molecule has 2 rings (SSSR count). The molecule has 90 valence electrons. The van der Waals surface area contributed by atoms with Gasteiger partial charge in [0.1, 0.15) is 0 Å². The first-order valence-electron chi connectivity index (χ1n) is 5.29. The van der Waals surface area contributed by atoms with Crippen LogP contribution in [-0.2, 0) is 4.79 Å². The van der Waals surface area contributed by atoms with Gasteiger partial charge in [0.25, 0.3) is 0 Å². The lowest BCUT2D eigenvalue weighted by Gasteiger charge is -2.02. The summed E-state index contributed by atoms with van der Waals surface area (Å²) in [5.41, 5.74) is 2.31. The van der Waals surface area contributed by atoms with Crippen molar-refractivity contribution in [3.8, 4) is 11.3 Å². The summed E-state index contributed by atoms with van der Waals surface area (Å²) in [7, 11) is 0. The predicted octanol–water partition coefficient (Wildman–Crippen LogP) is 3.50. The van der Waals surface area contributed by atoms with Crippen molar-refractivity contribution >= 4 is 23.6 Å². The Hall–Kier alpha value is -2.13. The lowest BCUT2D eigenvalue weighted by molar-refractivity contribution is -0.131. The number of hydrogen-bond acceptors (Lipinski definition) is 2. The number of nitrogens with zero attached hydrogens (tertiary/aromatic N) is 1. The average molecular weight is 260 g/mol. The monoisotopic (exact) mass is 259 g/mol. The molecule has 1 aromatic carbocycles. The number of benzene rings is 1. The maximum Gasteiger partial charge on any atom is 0.328 e. The number of rotatable bonds is 3. The summed E-state index contributed by atoms with van der Waals surface area (Å²) in [5, 5.41) is 9.23. The van der Waals surface area contributed by atoms with Gasteiger partial charge in [-0.1, -0.05) is 29.8 Å². The molecule has 0 saturated heterocycles. The Morgan fingerprint density at radius 3 is 2.56 bits per heavy atom. The van der Waals surface area contributed by atoms with E-state index in [2.05, 4.69) is 4.98 Å². The fourth-order valence-corrected chi connectivity index (χ4v) is 1.61. The third kappa shape index (κ3) is 3.18. The second kappa shape index (κ2) is 5.47. The van der Waals surface area contributed by atoms with Gasteiger partial charge in [0.05, 0.1) is 11.4 Å². The van der Waals surface area contributed by atoms with E-state index in [4.69, 9.17) is 16.7 Å². The molecular weight excluding hydrogens is 250 g/mol. The fourth-order valence-electron chi connectivity index (χ4n) is 1.48. The third-order valence-corrected chi connectivity index (χ3v) is 2.56. The highest BCUT2D eigenvalue weighted by Crippen LogP contribution is 2.20. The van der Waals surface area contributed by atoms with Crippen LogP contribution in [0.4, 0.5) is 0 Å². The van der Waals surface area contributed by atoms with Crippen molar-refractivity contribution in [2.24, 2.45) is 0 Å². The fraction of sp³-hybridized carbons (Fsp3) is 0. The molecule has 0 unspecified atom stereocenters. The van der Waals surface area contributed by atoms with Crippen molar-refractivity contribution in [1.82, 2.24) is 4.98 Å². The zero-order valence-electron chi connectivity index (χ0n) is 9.38. The van der Waals surface area contributed by atoms with Gasteiger partial charge in [-0.3, -0.25) is 0 Å². The van der Waals surface area contributed by atoms with E-state index in [-0.39, 0.29) is 0 Å². The highest BCUT2D eigenvalue weighted by atomic mass is 35.5. The van der Waals surface area contributed by atoms with E-state index in [1.54, 1.807) is 18.2 Å². The molecule has 0 amide bonds. The van der Waals surface area contributed by atoms with Crippen molar-refractivity contribution in [2.75, 3.05) is 0 Å². The normalized spacial score (nSPS) is 10.7. The molecule has 4 heteroatoms. The number of aliphatic carboxylic acids is 1. The summed E-state index contributed by atoms with van der Waals surface area (Å²) in [6.45, 7) is 0. The van der Waals surface area contributed by atoms with Gasteiger partial charge in [-0.15, -0.1) is 0 Å². The standard InChI is InChI=1S/C14H10ClNO2/c15-11-6-4-10(5-7-11)13-3-1-2-12(16-13)8-9-14(17)18/h1-9H,(H,17,18). The van der Waals surface area contributed by atoms with E-state index in [1.165, 1.54) is 6.08 Å². The van der Waals surface area contributed by atoms with Crippen LogP contribution in [0, 0.1) is 0 Å².